The van der Waals surface area contributed by atoms with E-state index in [9.17, 15) is 0 Å². The van der Waals surface area contributed by atoms with E-state index in [1.807, 2.05) is 0 Å². The summed E-state index contributed by atoms with van der Waals surface area (Å²) in [5.74, 6) is 0. The van der Waals surface area contributed by atoms with Crippen LogP contribution in [0.4, 0.5) is 0 Å². The minimum Gasteiger partial charge on any atom is -0.0826 e. The molecule has 0 aromatic carbocycles. The molecule has 0 heterocycles. The van der Waals surface area contributed by atoms with E-state index in [0.717, 1.165) is 3.92 Å². The summed E-state index contributed by atoms with van der Waals surface area (Å²) < 4.78 is 0.940. The third-order valence-corrected chi connectivity index (χ3v) is 4.50. The molecule has 1 saturated carbocycles. The van der Waals surface area contributed by atoms with Gasteiger partial charge in [-0.15, -0.1) is 0 Å². The van der Waals surface area contributed by atoms with Crippen molar-refractivity contribution in [2.75, 3.05) is 0 Å². The molecule has 0 N–H and O–H groups in total. The lowest BCUT2D eigenvalue weighted by atomic mass is 9.64. The maximum Gasteiger partial charge on any atom is 0.109 e. The van der Waals surface area contributed by atoms with Crippen LogP contribution in [-0.4, -0.2) is 11.8 Å². The lowest BCUT2D eigenvalue weighted by Gasteiger charge is -2.27. The number of rotatable bonds is 0. The molecule has 0 aliphatic heterocycles. The van der Waals surface area contributed by atoms with Gasteiger partial charge >= 0.3 is 0 Å². The van der Waals surface area contributed by atoms with Gasteiger partial charge in [0.05, 0.1) is 0 Å². The summed E-state index contributed by atoms with van der Waals surface area (Å²) >= 11 is 2.65. The van der Waals surface area contributed by atoms with Crippen molar-refractivity contribution in [3.8, 4) is 0 Å². The van der Waals surface area contributed by atoms with E-state index in [4.69, 9.17) is 0 Å². The third-order valence-electron chi connectivity index (χ3n) is 3.26. The maximum atomic E-state index is 2.65. The lowest BCUT2D eigenvalue weighted by molar-refractivity contribution is 0.439. The van der Waals surface area contributed by atoms with Crippen LogP contribution < -0.4 is 0 Å². The average Bonchev–Trinajstić information content (AvgIpc) is 2.07. The van der Waals surface area contributed by atoms with Gasteiger partial charge in [0.2, 0.25) is 0 Å². The van der Waals surface area contributed by atoms with Gasteiger partial charge in [-0.25, -0.2) is 0 Å². The molecule has 2 heteroatoms. The Hall–Kier alpha value is 0.795. The van der Waals surface area contributed by atoms with Crippen molar-refractivity contribution in [1.82, 2.24) is 0 Å². The number of halogens is 1. The van der Waals surface area contributed by atoms with E-state index in [1.54, 1.807) is 0 Å². The summed E-state index contributed by atoms with van der Waals surface area (Å²) in [6.07, 6.45) is 11.6. The van der Waals surface area contributed by atoms with Crippen molar-refractivity contribution in [3.05, 3.63) is 0 Å². The molecule has 13 heavy (non-hydrogen) atoms. The minimum absolute atomic E-state index is 0.612. The highest BCUT2D eigenvalue weighted by Gasteiger charge is 2.19. The van der Waals surface area contributed by atoms with Gasteiger partial charge in [0.15, 0.2) is 0 Å². The zero-order valence-corrected chi connectivity index (χ0v) is 11.3. The highest BCUT2D eigenvalue weighted by molar-refractivity contribution is 14.1. The third kappa shape index (κ3) is 5.29. The fraction of sp³-hybridized carbons (Fsp3) is 1.00. The first-order chi connectivity index (χ1) is 6.10. The molecule has 0 bridgehead atoms. The molecule has 0 amide bonds. The number of hydrogen-bond donors (Lipinski definition) is 0. The van der Waals surface area contributed by atoms with Crippen molar-refractivity contribution in [3.63, 3.8) is 0 Å². The van der Waals surface area contributed by atoms with Crippen LogP contribution in [0.3, 0.4) is 0 Å². The summed E-state index contributed by atoms with van der Waals surface area (Å²) in [6, 6.07) is 0. The molecule has 1 aliphatic carbocycles. The van der Waals surface area contributed by atoms with Crippen LogP contribution in [0.2, 0.25) is 5.31 Å². The van der Waals surface area contributed by atoms with Gasteiger partial charge in [-0.1, -0.05) is 73.4 Å². The van der Waals surface area contributed by atoms with Gasteiger partial charge in [0, 0.05) is 3.92 Å². The highest BCUT2D eigenvalue weighted by Crippen LogP contribution is 2.37. The molecule has 2 atom stereocenters. The Kier molecular flexibility index (Phi) is 5.13. The van der Waals surface area contributed by atoms with Crippen LogP contribution >= 0.6 is 22.6 Å². The molecule has 0 saturated heterocycles. The van der Waals surface area contributed by atoms with Crippen molar-refractivity contribution in [2.24, 2.45) is 0 Å². The fourth-order valence-corrected chi connectivity index (χ4v) is 2.89. The number of alkyl halides is 1. The first-order valence-electron chi connectivity index (χ1n) is 5.74. The van der Waals surface area contributed by atoms with Gasteiger partial charge in [0.1, 0.15) is 7.85 Å². The summed E-state index contributed by atoms with van der Waals surface area (Å²) in [4.78, 5) is 0. The molecule has 1 aliphatic rings. The van der Waals surface area contributed by atoms with E-state index < -0.39 is 0 Å². The fourth-order valence-electron chi connectivity index (χ4n) is 2.14. The Labute approximate surface area is 97.8 Å². The second kappa shape index (κ2) is 5.62. The second-order valence-electron chi connectivity index (χ2n) is 5.25. The quantitative estimate of drug-likeness (QED) is 0.362. The van der Waals surface area contributed by atoms with E-state index in [-0.39, 0.29) is 0 Å². The molecular weight excluding hydrogens is 270 g/mol. The van der Waals surface area contributed by atoms with Gasteiger partial charge in [-0.3, -0.25) is 0 Å². The molecule has 0 radical (unpaired) electrons. The van der Waals surface area contributed by atoms with Crippen molar-refractivity contribution in [1.29, 1.82) is 0 Å². The normalized spacial score (nSPS) is 38.5. The van der Waals surface area contributed by atoms with Crippen molar-refractivity contribution >= 4 is 30.4 Å². The van der Waals surface area contributed by atoms with Gasteiger partial charge in [-0.2, -0.15) is 0 Å². The Bertz CT molecular complexity index is 145. The van der Waals surface area contributed by atoms with Gasteiger partial charge in [0.25, 0.3) is 0 Å². The van der Waals surface area contributed by atoms with Crippen LogP contribution in [0.1, 0.15) is 58.3 Å². The Balaban J connectivity index is 2.37. The highest BCUT2D eigenvalue weighted by atomic mass is 127. The van der Waals surface area contributed by atoms with E-state index in [2.05, 4.69) is 37.4 Å². The number of hydrogen-bond acceptors (Lipinski definition) is 0. The largest absolute Gasteiger partial charge is 0.109 e. The van der Waals surface area contributed by atoms with E-state index in [1.165, 1.54) is 51.4 Å². The van der Waals surface area contributed by atoms with Crippen LogP contribution in [0.15, 0.2) is 0 Å². The minimum atomic E-state index is 0.612. The standard InChI is InChI=1S/C11H22BI/c1-11(12)8-5-3-2-4-6-10(13)7-9-11/h10H,2-9,12H2,1H3. The summed E-state index contributed by atoms with van der Waals surface area (Å²) in [5, 5.41) is 0.612. The van der Waals surface area contributed by atoms with E-state index in [0.29, 0.717) is 5.31 Å². The Morgan fingerprint density at radius 2 is 1.77 bits per heavy atom. The molecule has 0 aromatic rings. The van der Waals surface area contributed by atoms with E-state index >= 15 is 0 Å². The topological polar surface area (TPSA) is 0 Å². The molecule has 0 nitrogen and oxygen atoms in total. The SMILES string of the molecule is BC1(C)CCCCCCC(I)CC1. The molecule has 1 rings (SSSR count). The zero-order valence-electron chi connectivity index (χ0n) is 9.11. The van der Waals surface area contributed by atoms with Crippen molar-refractivity contribution < 1.29 is 0 Å². The maximum absolute atomic E-state index is 2.65. The molecule has 1 fully saturated rings. The van der Waals surface area contributed by atoms with Crippen LogP contribution in [0, 0.1) is 0 Å². The monoisotopic (exact) mass is 292 g/mol. The molecule has 0 spiro atoms. The first-order valence-corrected chi connectivity index (χ1v) is 6.99. The van der Waals surface area contributed by atoms with Crippen molar-refractivity contribution in [2.45, 2.75) is 67.5 Å². The smallest absolute Gasteiger partial charge is 0.0826 e. The lowest BCUT2D eigenvalue weighted by Crippen LogP contribution is -2.12. The Morgan fingerprint density at radius 1 is 1.08 bits per heavy atom. The Morgan fingerprint density at radius 3 is 2.54 bits per heavy atom. The van der Waals surface area contributed by atoms with Crippen LogP contribution in [0.25, 0.3) is 0 Å². The molecular formula is C11H22BI. The molecule has 0 aromatic heterocycles. The predicted octanol–water partition coefficient (Wildman–Crippen LogP) is 3.74. The second-order valence-corrected chi connectivity index (χ2v) is 7.01. The van der Waals surface area contributed by atoms with Gasteiger partial charge < -0.3 is 0 Å². The summed E-state index contributed by atoms with van der Waals surface area (Å²) in [7, 11) is 2.44. The van der Waals surface area contributed by atoms with Gasteiger partial charge in [-0.05, 0) is 12.8 Å². The predicted molar refractivity (Wildman–Crippen MR) is 71.7 cm³/mol. The van der Waals surface area contributed by atoms with Crippen LogP contribution in [-0.2, 0) is 0 Å². The van der Waals surface area contributed by atoms with Crippen LogP contribution in [0.5, 0.6) is 0 Å². The zero-order chi connectivity index (χ0) is 9.73. The summed E-state index contributed by atoms with van der Waals surface area (Å²) in [6.45, 7) is 2.44. The average molecular weight is 292 g/mol. The summed E-state index contributed by atoms with van der Waals surface area (Å²) in [5.41, 5.74) is 0. The molecule has 76 valence electrons. The molecule has 2 unspecified atom stereocenters. The first kappa shape index (κ1) is 11.9.